The van der Waals surface area contributed by atoms with Gasteiger partial charge in [-0.1, -0.05) is 39.0 Å². The number of aromatic nitrogens is 3. The Balaban J connectivity index is 1.88. The van der Waals surface area contributed by atoms with Crippen LogP contribution in [0.3, 0.4) is 0 Å². The Hall–Kier alpha value is -3.02. The van der Waals surface area contributed by atoms with Gasteiger partial charge in [0, 0.05) is 5.69 Å². The van der Waals surface area contributed by atoms with E-state index in [2.05, 4.69) is 36.2 Å². The van der Waals surface area contributed by atoms with E-state index in [9.17, 15) is 9.18 Å². The van der Waals surface area contributed by atoms with Gasteiger partial charge in [-0.05, 0) is 48.2 Å². The molecule has 3 rings (SSSR count). The standard InChI is InChI=1S/C20H21FN4O/c1-13-22-18(24-25(13)15-11-9-14(21)10-12-15)19(26)23-17-8-6-5-7-16(17)20(2,3)4/h5-12H,1-4H3,(H,23,26). The smallest absolute Gasteiger partial charge is 0.295 e. The van der Waals surface area contributed by atoms with Gasteiger partial charge in [-0.25, -0.2) is 14.1 Å². The van der Waals surface area contributed by atoms with Crippen LogP contribution < -0.4 is 5.32 Å². The molecule has 2 aromatic carbocycles. The summed E-state index contributed by atoms with van der Waals surface area (Å²) in [5.41, 5.74) is 2.30. The van der Waals surface area contributed by atoms with E-state index >= 15 is 0 Å². The van der Waals surface area contributed by atoms with Crippen molar-refractivity contribution in [2.24, 2.45) is 0 Å². The van der Waals surface area contributed by atoms with Gasteiger partial charge in [0.15, 0.2) is 0 Å². The molecule has 5 nitrogen and oxygen atoms in total. The molecule has 0 unspecified atom stereocenters. The van der Waals surface area contributed by atoms with Crippen molar-refractivity contribution in [1.82, 2.24) is 14.8 Å². The summed E-state index contributed by atoms with van der Waals surface area (Å²) in [6.07, 6.45) is 0. The van der Waals surface area contributed by atoms with Crippen molar-refractivity contribution >= 4 is 11.6 Å². The second-order valence-corrected chi connectivity index (χ2v) is 7.12. The lowest BCUT2D eigenvalue weighted by Gasteiger charge is -2.22. The quantitative estimate of drug-likeness (QED) is 0.766. The first-order valence-corrected chi connectivity index (χ1v) is 8.36. The number of rotatable bonds is 3. The summed E-state index contributed by atoms with van der Waals surface area (Å²) < 4.78 is 14.6. The van der Waals surface area contributed by atoms with Crippen LogP contribution >= 0.6 is 0 Å². The predicted octanol–water partition coefficient (Wildman–Crippen LogP) is 4.26. The Morgan fingerprint density at radius 3 is 2.38 bits per heavy atom. The average Bonchev–Trinajstić information content (AvgIpc) is 2.97. The second-order valence-electron chi connectivity index (χ2n) is 7.12. The van der Waals surface area contributed by atoms with E-state index in [1.165, 1.54) is 16.8 Å². The molecule has 0 aliphatic carbocycles. The molecule has 134 valence electrons. The zero-order valence-corrected chi connectivity index (χ0v) is 15.2. The Labute approximate surface area is 151 Å². The topological polar surface area (TPSA) is 59.8 Å². The SMILES string of the molecule is Cc1nc(C(=O)Nc2ccccc2C(C)(C)C)nn1-c1ccc(F)cc1. The number of nitrogens with zero attached hydrogens (tertiary/aromatic N) is 3. The molecule has 3 aromatic rings. The Morgan fingerprint density at radius 1 is 1.08 bits per heavy atom. The number of aryl methyl sites for hydroxylation is 1. The fourth-order valence-corrected chi connectivity index (χ4v) is 2.74. The van der Waals surface area contributed by atoms with Crippen LogP contribution in [0.15, 0.2) is 48.5 Å². The van der Waals surface area contributed by atoms with Crippen molar-refractivity contribution in [2.45, 2.75) is 33.1 Å². The van der Waals surface area contributed by atoms with Gasteiger partial charge in [0.2, 0.25) is 5.82 Å². The van der Waals surface area contributed by atoms with Crippen LogP contribution in [0, 0.1) is 12.7 Å². The molecule has 0 spiro atoms. The van der Waals surface area contributed by atoms with Crippen molar-refractivity contribution in [3.05, 3.63) is 71.6 Å². The number of para-hydroxylation sites is 1. The molecular weight excluding hydrogens is 331 g/mol. The summed E-state index contributed by atoms with van der Waals surface area (Å²) in [5.74, 6) is -0.102. The Morgan fingerprint density at radius 2 is 1.73 bits per heavy atom. The molecule has 26 heavy (non-hydrogen) atoms. The van der Waals surface area contributed by atoms with Crippen molar-refractivity contribution in [1.29, 1.82) is 0 Å². The van der Waals surface area contributed by atoms with Crippen LogP contribution in [0.5, 0.6) is 0 Å². The molecule has 0 aliphatic heterocycles. The summed E-state index contributed by atoms with van der Waals surface area (Å²) in [6.45, 7) is 8.01. The highest BCUT2D eigenvalue weighted by Gasteiger charge is 2.21. The summed E-state index contributed by atoms with van der Waals surface area (Å²) in [4.78, 5) is 16.9. The zero-order chi connectivity index (χ0) is 18.9. The van der Waals surface area contributed by atoms with E-state index in [-0.39, 0.29) is 23.0 Å². The van der Waals surface area contributed by atoms with E-state index in [4.69, 9.17) is 0 Å². The fourth-order valence-electron chi connectivity index (χ4n) is 2.74. The molecule has 0 atom stereocenters. The number of carbonyl (C=O) groups is 1. The Kier molecular flexibility index (Phi) is 4.59. The number of hydrogen-bond acceptors (Lipinski definition) is 3. The van der Waals surface area contributed by atoms with E-state index in [1.54, 1.807) is 19.1 Å². The first-order valence-electron chi connectivity index (χ1n) is 8.36. The second kappa shape index (κ2) is 6.71. The summed E-state index contributed by atoms with van der Waals surface area (Å²) in [5, 5.41) is 7.17. The number of anilines is 1. The molecule has 0 saturated heterocycles. The normalized spacial score (nSPS) is 11.4. The number of halogens is 1. The molecule has 1 N–H and O–H groups in total. The highest BCUT2D eigenvalue weighted by molar-refractivity contribution is 6.02. The first kappa shape index (κ1) is 17.8. The molecule has 0 saturated carbocycles. The van der Waals surface area contributed by atoms with Crippen LogP contribution in [0.4, 0.5) is 10.1 Å². The minimum atomic E-state index is -0.384. The highest BCUT2D eigenvalue weighted by Crippen LogP contribution is 2.29. The Bertz CT molecular complexity index is 939. The molecule has 1 heterocycles. The van der Waals surface area contributed by atoms with Crippen molar-refractivity contribution in [2.75, 3.05) is 5.32 Å². The molecule has 1 amide bonds. The number of nitrogens with one attached hydrogen (secondary N) is 1. The fraction of sp³-hybridized carbons (Fsp3) is 0.250. The van der Waals surface area contributed by atoms with Crippen molar-refractivity contribution < 1.29 is 9.18 Å². The monoisotopic (exact) mass is 352 g/mol. The largest absolute Gasteiger partial charge is 0.319 e. The van der Waals surface area contributed by atoms with Crippen molar-refractivity contribution in [3.63, 3.8) is 0 Å². The number of benzene rings is 2. The minimum absolute atomic E-state index is 0.0653. The van der Waals surface area contributed by atoms with Gasteiger partial charge in [0.25, 0.3) is 5.91 Å². The highest BCUT2D eigenvalue weighted by atomic mass is 19.1. The van der Waals surface area contributed by atoms with Gasteiger partial charge in [0.05, 0.1) is 5.69 Å². The lowest BCUT2D eigenvalue weighted by molar-refractivity contribution is 0.101. The average molecular weight is 352 g/mol. The maximum absolute atomic E-state index is 13.1. The van der Waals surface area contributed by atoms with Crippen LogP contribution in [-0.2, 0) is 5.41 Å². The summed E-state index contributed by atoms with van der Waals surface area (Å²) in [6, 6.07) is 13.5. The lowest BCUT2D eigenvalue weighted by atomic mass is 9.86. The lowest BCUT2D eigenvalue weighted by Crippen LogP contribution is -2.19. The molecule has 0 aliphatic rings. The maximum atomic E-state index is 13.1. The predicted molar refractivity (Wildman–Crippen MR) is 99.1 cm³/mol. The van der Waals surface area contributed by atoms with Crippen molar-refractivity contribution in [3.8, 4) is 5.69 Å². The van der Waals surface area contributed by atoms with Gasteiger partial charge >= 0.3 is 0 Å². The van der Waals surface area contributed by atoms with Gasteiger partial charge in [0.1, 0.15) is 11.6 Å². The number of hydrogen-bond donors (Lipinski definition) is 1. The van der Waals surface area contributed by atoms with E-state index in [0.717, 1.165) is 11.3 Å². The first-order chi connectivity index (χ1) is 12.3. The van der Waals surface area contributed by atoms with E-state index < -0.39 is 0 Å². The summed E-state index contributed by atoms with van der Waals surface area (Å²) in [7, 11) is 0. The number of amides is 1. The van der Waals surface area contributed by atoms with Gasteiger partial charge in [-0.3, -0.25) is 4.79 Å². The third-order valence-corrected chi connectivity index (χ3v) is 4.03. The molecule has 0 radical (unpaired) electrons. The molecule has 0 bridgehead atoms. The van der Waals surface area contributed by atoms with Crippen LogP contribution in [0.1, 0.15) is 42.8 Å². The van der Waals surface area contributed by atoms with Crippen LogP contribution in [-0.4, -0.2) is 20.7 Å². The third-order valence-electron chi connectivity index (χ3n) is 4.03. The van der Waals surface area contributed by atoms with Gasteiger partial charge < -0.3 is 5.32 Å². The molecule has 1 aromatic heterocycles. The van der Waals surface area contributed by atoms with Gasteiger partial charge in [-0.2, -0.15) is 0 Å². The van der Waals surface area contributed by atoms with Crippen LogP contribution in [0.2, 0.25) is 0 Å². The zero-order valence-electron chi connectivity index (χ0n) is 15.2. The number of carbonyl (C=O) groups excluding carboxylic acids is 1. The summed E-state index contributed by atoms with van der Waals surface area (Å²) >= 11 is 0. The molecule has 0 fully saturated rings. The van der Waals surface area contributed by atoms with E-state index in [0.29, 0.717) is 11.5 Å². The molecular formula is C20H21FN4O. The molecule has 6 heteroatoms. The van der Waals surface area contributed by atoms with Crippen LogP contribution in [0.25, 0.3) is 5.69 Å². The maximum Gasteiger partial charge on any atom is 0.295 e. The van der Waals surface area contributed by atoms with E-state index in [1.807, 2.05) is 24.3 Å². The van der Waals surface area contributed by atoms with Gasteiger partial charge in [-0.15, -0.1) is 5.10 Å². The third kappa shape index (κ3) is 3.64. The minimum Gasteiger partial charge on any atom is -0.319 e.